The Balaban J connectivity index is 2.00. The van der Waals surface area contributed by atoms with Gasteiger partial charge in [-0.15, -0.1) is 0 Å². The molecule has 1 saturated heterocycles. The van der Waals surface area contributed by atoms with Crippen LogP contribution in [0.3, 0.4) is 0 Å². The molecule has 17 heavy (non-hydrogen) atoms. The number of benzene rings is 1. The van der Waals surface area contributed by atoms with Gasteiger partial charge in [0.1, 0.15) is 0 Å². The lowest BCUT2D eigenvalue weighted by Gasteiger charge is -2.35. The summed E-state index contributed by atoms with van der Waals surface area (Å²) in [5.74, 6) is 0. The zero-order valence-electron chi connectivity index (χ0n) is 10.2. The van der Waals surface area contributed by atoms with Gasteiger partial charge in [0.25, 0.3) is 0 Å². The molecule has 0 amide bonds. The molecule has 1 aromatic carbocycles. The quantitative estimate of drug-likeness (QED) is 0.886. The lowest BCUT2D eigenvalue weighted by Crippen LogP contribution is -2.49. The standard InChI is InChI=1S/C13H19ClN2O/c1-15-8-13-10-17-6-5-16(13)9-11-3-2-4-12(14)7-11/h2-4,7,13,15H,5-6,8-10H2,1H3. The van der Waals surface area contributed by atoms with Gasteiger partial charge < -0.3 is 10.1 Å². The van der Waals surface area contributed by atoms with Gasteiger partial charge in [0, 0.05) is 30.7 Å². The van der Waals surface area contributed by atoms with Crippen molar-refractivity contribution >= 4 is 11.6 Å². The second-order valence-corrected chi connectivity index (χ2v) is 4.82. The van der Waals surface area contributed by atoms with Gasteiger partial charge in [-0.05, 0) is 24.7 Å². The number of likely N-dealkylation sites (N-methyl/N-ethyl adjacent to an activating group) is 1. The average Bonchev–Trinajstić information content (AvgIpc) is 2.32. The highest BCUT2D eigenvalue weighted by Gasteiger charge is 2.22. The maximum atomic E-state index is 6.00. The van der Waals surface area contributed by atoms with E-state index in [9.17, 15) is 0 Å². The van der Waals surface area contributed by atoms with Crippen molar-refractivity contribution in [2.45, 2.75) is 12.6 Å². The van der Waals surface area contributed by atoms with Crippen molar-refractivity contribution in [1.29, 1.82) is 0 Å². The topological polar surface area (TPSA) is 24.5 Å². The first-order chi connectivity index (χ1) is 8.29. The molecular formula is C13H19ClN2O. The zero-order valence-corrected chi connectivity index (χ0v) is 10.9. The van der Waals surface area contributed by atoms with Crippen LogP contribution in [0.2, 0.25) is 5.02 Å². The molecule has 1 aliphatic heterocycles. The monoisotopic (exact) mass is 254 g/mol. The fourth-order valence-corrected chi connectivity index (χ4v) is 2.40. The Kier molecular flexibility index (Phi) is 4.80. The van der Waals surface area contributed by atoms with Crippen molar-refractivity contribution in [1.82, 2.24) is 10.2 Å². The number of ether oxygens (including phenoxy) is 1. The van der Waals surface area contributed by atoms with E-state index in [0.29, 0.717) is 6.04 Å². The molecule has 1 N–H and O–H groups in total. The minimum atomic E-state index is 0.452. The second kappa shape index (κ2) is 6.36. The summed E-state index contributed by atoms with van der Waals surface area (Å²) in [6, 6.07) is 8.53. The van der Waals surface area contributed by atoms with Gasteiger partial charge in [0.2, 0.25) is 0 Å². The molecule has 1 aromatic rings. The molecule has 1 heterocycles. The van der Waals surface area contributed by atoms with E-state index >= 15 is 0 Å². The van der Waals surface area contributed by atoms with Crippen LogP contribution in [-0.2, 0) is 11.3 Å². The summed E-state index contributed by atoms with van der Waals surface area (Å²) in [6.45, 7) is 4.51. The number of hydrogen-bond donors (Lipinski definition) is 1. The molecule has 0 saturated carbocycles. The lowest BCUT2D eigenvalue weighted by atomic mass is 10.1. The predicted octanol–water partition coefficient (Wildman–Crippen LogP) is 1.76. The van der Waals surface area contributed by atoms with Gasteiger partial charge in [-0.2, -0.15) is 0 Å². The Bertz CT molecular complexity index is 357. The molecule has 1 unspecified atom stereocenters. The third kappa shape index (κ3) is 3.68. The van der Waals surface area contributed by atoms with Crippen LogP contribution >= 0.6 is 11.6 Å². The number of nitrogens with zero attached hydrogens (tertiary/aromatic N) is 1. The molecule has 1 aliphatic rings. The molecule has 2 rings (SSSR count). The Morgan fingerprint density at radius 2 is 2.41 bits per heavy atom. The van der Waals surface area contributed by atoms with Crippen LogP contribution < -0.4 is 5.32 Å². The van der Waals surface area contributed by atoms with Gasteiger partial charge in [-0.3, -0.25) is 4.90 Å². The average molecular weight is 255 g/mol. The number of nitrogens with one attached hydrogen (secondary N) is 1. The van der Waals surface area contributed by atoms with Crippen molar-refractivity contribution in [2.24, 2.45) is 0 Å². The molecule has 0 aromatic heterocycles. The number of morpholine rings is 1. The summed E-state index contributed by atoms with van der Waals surface area (Å²) in [6.07, 6.45) is 0. The highest BCUT2D eigenvalue weighted by Crippen LogP contribution is 2.15. The van der Waals surface area contributed by atoms with Crippen LogP contribution in [0.1, 0.15) is 5.56 Å². The van der Waals surface area contributed by atoms with Crippen LogP contribution in [0.5, 0.6) is 0 Å². The Morgan fingerprint density at radius 3 is 3.18 bits per heavy atom. The van der Waals surface area contributed by atoms with Crippen molar-refractivity contribution in [3.8, 4) is 0 Å². The number of rotatable bonds is 4. The first kappa shape index (κ1) is 12.8. The number of halogens is 1. The smallest absolute Gasteiger partial charge is 0.0635 e. The summed E-state index contributed by atoms with van der Waals surface area (Å²) in [4.78, 5) is 2.45. The van der Waals surface area contributed by atoms with Crippen LogP contribution in [0, 0.1) is 0 Å². The highest BCUT2D eigenvalue weighted by atomic mass is 35.5. The van der Waals surface area contributed by atoms with Gasteiger partial charge in [0.15, 0.2) is 0 Å². The summed E-state index contributed by atoms with van der Waals surface area (Å²) in [7, 11) is 1.98. The molecule has 1 fully saturated rings. The van der Waals surface area contributed by atoms with Crippen molar-refractivity contribution in [2.75, 3.05) is 33.4 Å². The Hall–Kier alpha value is -0.610. The SMILES string of the molecule is CNCC1COCCN1Cc1cccc(Cl)c1. The lowest BCUT2D eigenvalue weighted by molar-refractivity contribution is -0.0103. The van der Waals surface area contributed by atoms with Gasteiger partial charge in [-0.1, -0.05) is 23.7 Å². The van der Waals surface area contributed by atoms with E-state index in [2.05, 4.69) is 16.3 Å². The molecule has 0 bridgehead atoms. The van der Waals surface area contributed by atoms with Crippen molar-refractivity contribution in [3.05, 3.63) is 34.9 Å². The maximum absolute atomic E-state index is 6.00. The van der Waals surface area contributed by atoms with E-state index < -0.39 is 0 Å². The molecule has 0 aliphatic carbocycles. The summed E-state index contributed by atoms with van der Waals surface area (Å²) in [5.41, 5.74) is 1.26. The molecule has 4 heteroatoms. The molecule has 3 nitrogen and oxygen atoms in total. The van der Waals surface area contributed by atoms with Crippen LogP contribution in [0.25, 0.3) is 0 Å². The summed E-state index contributed by atoms with van der Waals surface area (Å²) in [5, 5.41) is 4.02. The van der Waals surface area contributed by atoms with E-state index in [1.54, 1.807) is 0 Å². The van der Waals surface area contributed by atoms with Gasteiger partial charge in [-0.25, -0.2) is 0 Å². The third-order valence-electron chi connectivity index (χ3n) is 3.06. The van der Waals surface area contributed by atoms with Crippen molar-refractivity contribution in [3.63, 3.8) is 0 Å². The largest absolute Gasteiger partial charge is 0.378 e. The van der Waals surface area contributed by atoms with E-state index in [1.807, 2.05) is 25.2 Å². The molecule has 94 valence electrons. The van der Waals surface area contributed by atoms with E-state index in [0.717, 1.165) is 37.9 Å². The van der Waals surface area contributed by atoms with Gasteiger partial charge in [0.05, 0.1) is 13.2 Å². The molecule has 1 atom stereocenters. The van der Waals surface area contributed by atoms with E-state index in [4.69, 9.17) is 16.3 Å². The first-order valence-electron chi connectivity index (χ1n) is 6.00. The first-order valence-corrected chi connectivity index (χ1v) is 6.38. The van der Waals surface area contributed by atoms with Gasteiger partial charge >= 0.3 is 0 Å². The van der Waals surface area contributed by atoms with Crippen LogP contribution in [-0.4, -0.2) is 44.3 Å². The van der Waals surface area contributed by atoms with Crippen LogP contribution in [0.15, 0.2) is 24.3 Å². The normalized spacial score (nSPS) is 21.6. The Labute approximate surface area is 108 Å². The minimum absolute atomic E-state index is 0.452. The highest BCUT2D eigenvalue weighted by molar-refractivity contribution is 6.30. The summed E-state index contributed by atoms with van der Waals surface area (Å²) >= 11 is 6.00. The number of hydrogen-bond acceptors (Lipinski definition) is 3. The fourth-order valence-electron chi connectivity index (χ4n) is 2.19. The van der Waals surface area contributed by atoms with E-state index in [-0.39, 0.29) is 0 Å². The Morgan fingerprint density at radius 1 is 1.53 bits per heavy atom. The zero-order chi connectivity index (χ0) is 12.1. The maximum Gasteiger partial charge on any atom is 0.0635 e. The fraction of sp³-hybridized carbons (Fsp3) is 0.538. The van der Waals surface area contributed by atoms with Crippen molar-refractivity contribution < 1.29 is 4.74 Å². The predicted molar refractivity (Wildman–Crippen MR) is 70.4 cm³/mol. The second-order valence-electron chi connectivity index (χ2n) is 4.39. The molecule has 0 spiro atoms. The molecular weight excluding hydrogens is 236 g/mol. The molecule has 0 radical (unpaired) electrons. The minimum Gasteiger partial charge on any atom is -0.378 e. The van der Waals surface area contributed by atoms with Crippen LogP contribution in [0.4, 0.5) is 0 Å². The third-order valence-corrected chi connectivity index (χ3v) is 3.30. The van der Waals surface area contributed by atoms with E-state index in [1.165, 1.54) is 5.56 Å². The summed E-state index contributed by atoms with van der Waals surface area (Å²) < 4.78 is 5.52.